The molecule has 0 radical (unpaired) electrons. The number of nitrogens with zero attached hydrogens (tertiary/aromatic N) is 2. The first kappa shape index (κ1) is 26.4. The van der Waals surface area contributed by atoms with Gasteiger partial charge in [0.25, 0.3) is 0 Å². The minimum absolute atomic E-state index is 0.134. The van der Waals surface area contributed by atoms with Crippen molar-refractivity contribution in [2.45, 2.75) is 32.6 Å². The summed E-state index contributed by atoms with van der Waals surface area (Å²) in [5.41, 5.74) is 1.28. The lowest BCUT2D eigenvalue weighted by Gasteiger charge is -2.23. The van der Waals surface area contributed by atoms with E-state index in [4.69, 9.17) is 20.8 Å². The number of ether oxygens (including phenoxy) is 1. The predicted molar refractivity (Wildman–Crippen MR) is 136 cm³/mol. The Bertz CT molecular complexity index is 1180. The van der Waals surface area contributed by atoms with Gasteiger partial charge < -0.3 is 19.0 Å². The molecule has 0 saturated heterocycles. The number of carbonyl (C=O) groups excluding carboxylic acids is 1. The number of hydrogen-bond donors (Lipinski definition) is 1. The minimum Gasteiger partial charge on any atom is -0.422 e. The molecule has 2 aromatic rings. The number of halogens is 1. The molecule has 1 aliphatic rings. The molecule has 1 amide bonds. The number of allylic oxidation sites excluding steroid dienone is 2. The van der Waals surface area contributed by atoms with Crippen LogP contribution in [0.15, 0.2) is 32.3 Å². The minimum atomic E-state index is -1.23. The summed E-state index contributed by atoms with van der Waals surface area (Å²) in [6, 6.07) is 3.13. The van der Waals surface area contributed by atoms with Gasteiger partial charge >= 0.3 is 11.7 Å². The molecule has 1 heterocycles. The maximum Gasteiger partial charge on any atom is 0.414 e. The van der Waals surface area contributed by atoms with Crippen LogP contribution in [0.4, 0.5) is 4.79 Å². The molecule has 10 heteroatoms. The summed E-state index contributed by atoms with van der Waals surface area (Å²) in [5.74, 6) is 0.323. The summed E-state index contributed by atoms with van der Waals surface area (Å²) in [6.07, 6.45) is 4.40. The molecule has 8 nitrogen and oxygen atoms in total. The van der Waals surface area contributed by atoms with Crippen molar-refractivity contribution in [2.75, 3.05) is 41.3 Å². The van der Waals surface area contributed by atoms with Crippen molar-refractivity contribution in [1.29, 1.82) is 0 Å². The summed E-state index contributed by atoms with van der Waals surface area (Å²) in [5, 5.41) is 0.956. The van der Waals surface area contributed by atoms with E-state index in [1.54, 1.807) is 20.2 Å². The van der Waals surface area contributed by atoms with Crippen LogP contribution in [0.2, 0.25) is 5.02 Å². The van der Waals surface area contributed by atoms with Crippen LogP contribution in [0.5, 0.6) is 5.75 Å². The van der Waals surface area contributed by atoms with E-state index in [9.17, 15) is 13.8 Å². The zero-order chi connectivity index (χ0) is 25.0. The Morgan fingerprint density at radius 3 is 2.71 bits per heavy atom. The molecule has 186 valence electrons. The number of amides is 1. The van der Waals surface area contributed by atoms with Crippen molar-refractivity contribution < 1.29 is 18.2 Å². The third-order valence-corrected chi connectivity index (χ3v) is 7.43. The van der Waals surface area contributed by atoms with Gasteiger partial charge in [-0.25, -0.2) is 18.5 Å². The first-order valence-corrected chi connectivity index (χ1v) is 12.7. The van der Waals surface area contributed by atoms with Crippen molar-refractivity contribution in [2.24, 2.45) is 5.92 Å². The standard InChI is InChI=1S/C24H32ClN3O5S/c1-15-18-13-20(25)22(33-24(30)28(4)5)14-21(18)32-23(29)19(15)12-16-7-6-8-17(11-16)34(31)26-9-10-27(2)3/h8,13-14,16,26H,6-7,9-12H2,1-5H3. The average molecular weight is 510 g/mol. The van der Waals surface area contributed by atoms with Gasteiger partial charge in [-0.3, -0.25) is 0 Å². The summed E-state index contributed by atoms with van der Waals surface area (Å²) >= 11 is 6.36. The fourth-order valence-electron chi connectivity index (χ4n) is 3.91. The largest absolute Gasteiger partial charge is 0.422 e. The predicted octanol–water partition coefficient (Wildman–Crippen LogP) is 3.86. The molecule has 34 heavy (non-hydrogen) atoms. The molecule has 1 aliphatic carbocycles. The van der Waals surface area contributed by atoms with Gasteiger partial charge in [0, 0.05) is 49.1 Å². The van der Waals surface area contributed by atoms with Crippen LogP contribution in [-0.2, 0) is 17.4 Å². The number of fused-ring (bicyclic) bond motifs is 1. The lowest BCUT2D eigenvalue weighted by Crippen LogP contribution is -2.29. The highest BCUT2D eigenvalue weighted by molar-refractivity contribution is 7.87. The van der Waals surface area contributed by atoms with E-state index in [2.05, 4.69) is 4.72 Å². The Kier molecular flexibility index (Phi) is 8.92. The second kappa shape index (κ2) is 11.5. The first-order chi connectivity index (χ1) is 16.1. The zero-order valence-electron chi connectivity index (χ0n) is 20.3. The molecule has 3 rings (SSSR count). The molecule has 2 atom stereocenters. The van der Waals surface area contributed by atoms with Crippen LogP contribution in [-0.4, -0.2) is 61.4 Å². The Morgan fingerprint density at radius 1 is 1.29 bits per heavy atom. The van der Waals surface area contributed by atoms with E-state index in [0.717, 1.165) is 29.9 Å². The summed E-state index contributed by atoms with van der Waals surface area (Å²) < 4.78 is 26.6. The molecule has 0 saturated carbocycles. The van der Waals surface area contributed by atoms with Gasteiger partial charge in [0.1, 0.15) is 16.6 Å². The number of benzene rings is 1. The maximum absolute atomic E-state index is 12.9. The van der Waals surface area contributed by atoms with E-state index in [-0.39, 0.29) is 16.7 Å². The van der Waals surface area contributed by atoms with Gasteiger partial charge in [-0.15, -0.1) is 0 Å². The zero-order valence-corrected chi connectivity index (χ0v) is 21.8. The Labute approximate surface area is 207 Å². The van der Waals surface area contributed by atoms with Crippen molar-refractivity contribution in [3.05, 3.63) is 49.7 Å². The van der Waals surface area contributed by atoms with Crippen molar-refractivity contribution in [3.8, 4) is 5.75 Å². The van der Waals surface area contributed by atoms with Crippen LogP contribution in [0.3, 0.4) is 0 Å². The van der Waals surface area contributed by atoms with Crippen LogP contribution < -0.4 is 15.1 Å². The van der Waals surface area contributed by atoms with E-state index in [1.165, 1.54) is 11.0 Å². The number of likely N-dealkylation sites (N-methyl/N-ethyl adjacent to an activating group) is 1. The quantitative estimate of drug-likeness (QED) is 0.543. The Morgan fingerprint density at radius 2 is 2.03 bits per heavy atom. The summed E-state index contributed by atoms with van der Waals surface area (Å²) in [6.45, 7) is 3.32. The molecule has 0 spiro atoms. The lowest BCUT2D eigenvalue weighted by atomic mass is 9.87. The van der Waals surface area contributed by atoms with E-state index >= 15 is 0 Å². The summed E-state index contributed by atoms with van der Waals surface area (Å²) in [4.78, 5) is 29.0. The Hall–Kier alpha value is -2.20. The second-order valence-corrected chi connectivity index (χ2v) is 10.8. The normalized spacial score (nSPS) is 17.0. The van der Waals surface area contributed by atoms with Gasteiger partial charge in [0.2, 0.25) is 0 Å². The number of nitrogens with one attached hydrogen (secondary N) is 1. The third-order valence-electron chi connectivity index (χ3n) is 5.86. The van der Waals surface area contributed by atoms with Gasteiger partial charge in [-0.1, -0.05) is 17.7 Å². The topological polar surface area (TPSA) is 92.1 Å². The molecule has 0 aliphatic heterocycles. The molecule has 1 aromatic heterocycles. The number of hydrogen-bond acceptors (Lipinski definition) is 6. The third kappa shape index (κ3) is 6.47. The Balaban J connectivity index is 1.78. The van der Waals surface area contributed by atoms with Crippen LogP contribution >= 0.6 is 11.6 Å². The highest BCUT2D eigenvalue weighted by Crippen LogP contribution is 2.34. The van der Waals surface area contributed by atoms with Gasteiger partial charge in [-0.05, 0) is 64.3 Å². The second-order valence-electron chi connectivity index (χ2n) is 9.02. The average Bonchev–Trinajstić information content (AvgIpc) is 2.77. The van der Waals surface area contributed by atoms with Crippen LogP contribution in [0.1, 0.15) is 30.4 Å². The van der Waals surface area contributed by atoms with Crippen molar-refractivity contribution >= 4 is 39.6 Å². The number of rotatable bonds is 8. The smallest absolute Gasteiger partial charge is 0.414 e. The van der Waals surface area contributed by atoms with Crippen LogP contribution in [0.25, 0.3) is 11.0 Å². The SMILES string of the molecule is Cc1c(CC2CCC=C(S(=O)NCCN(C)C)C2)c(=O)oc2cc(OC(=O)N(C)C)c(Cl)cc12. The monoisotopic (exact) mass is 509 g/mol. The highest BCUT2D eigenvalue weighted by atomic mass is 35.5. The molecule has 1 aromatic carbocycles. The number of aryl methyl sites for hydroxylation is 1. The van der Waals surface area contributed by atoms with Crippen molar-refractivity contribution in [1.82, 2.24) is 14.5 Å². The molecule has 0 fully saturated rings. The van der Waals surface area contributed by atoms with Gasteiger partial charge in [-0.2, -0.15) is 0 Å². The van der Waals surface area contributed by atoms with E-state index < -0.39 is 22.7 Å². The lowest BCUT2D eigenvalue weighted by molar-refractivity contribution is 0.172. The highest BCUT2D eigenvalue weighted by Gasteiger charge is 2.23. The van der Waals surface area contributed by atoms with Gasteiger partial charge in [0.15, 0.2) is 5.75 Å². The molecular formula is C24H32ClN3O5S. The maximum atomic E-state index is 12.9. The number of carbonyl (C=O) groups is 1. The van der Waals surface area contributed by atoms with Crippen LogP contribution in [0, 0.1) is 12.8 Å². The molecule has 0 bridgehead atoms. The van der Waals surface area contributed by atoms with Crippen molar-refractivity contribution in [3.63, 3.8) is 0 Å². The molecular weight excluding hydrogens is 478 g/mol. The van der Waals surface area contributed by atoms with E-state index in [1.807, 2.05) is 32.0 Å². The fourth-order valence-corrected chi connectivity index (χ4v) is 5.23. The molecule has 1 N–H and O–H groups in total. The van der Waals surface area contributed by atoms with Gasteiger partial charge in [0.05, 0.1) is 5.02 Å². The molecule has 2 unspecified atom stereocenters. The van der Waals surface area contributed by atoms with E-state index in [0.29, 0.717) is 35.9 Å². The first-order valence-electron chi connectivity index (χ1n) is 11.2. The summed E-state index contributed by atoms with van der Waals surface area (Å²) in [7, 11) is 5.85. The fraction of sp³-hybridized carbons (Fsp3) is 0.500.